The summed E-state index contributed by atoms with van der Waals surface area (Å²) in [6.45, 7) is 2.89. The summed E-state index contributed by atoms with van der Waals surface area (Å²) in [5, 5.41) is 12.0. The molecule has 2 aromatic rings. The van der Waals surface area contributed by atoms with Crippen molar-refractivity contribution in [3.05, 3.63) is 47.8 Å². The van der Waals surface area contributed by atoms with Crippen LogP contribution in [0.15, 0.2) is 36.5 Å². The lowest BCUT2D eigenvalue weighted by atomic mass is 9.95. The lowest BCUT2D eigenvalue weighted by molar-refractivity contribution is 0.0843. The molecule has 1 aliphatic heterocycles. The van der Waals surface area contributed by atoms with E-state index in [0.717, 1.165) is 44.6 Å². The molecular weight excluding hydrogens is 312 g/mol. The number of rotatable bonds is 6. The molecule has 1 fully saturated rings. The normalized spacial score (nSPS) is 16.7. The molecular formula is C17H25ClN4O. The molecule has 0 bridgehead atoms. The Morgan fingerprint density at radius 2 is 2.00 bits per heavy atom. The number of hydrogen-bond acceptors (Lipinski definition) is 4. The van der Waals surface area contributed by atoms with E-state index in [1.807, 2.05) is 10.7 Å². The van der Waals surface area contributed by atoms with Gasteiger partial charge >= 0.3 is 0 Å². The summed E-state index contributed by atoms with van der Waals surface area (Å²) in [4.78, 5) is 0. The van der Waals surface area contributed by atoms with E-state index in [0.29, 0.717) is 5.92 Å². The Balaban J connectivity index is 0.00000192. The second kappa shape index (κ2) is 9.01. The van der Waals surface area contributed by atoms with Crippen LogP contribution in [0.25, 0.3) is 0 Å². The van der Waals surface area contributed by atoms with Crippen molar-refractivity contribution in [1.29, 1.82) is 0 Å². The average molecular weight is 337 g/mol. The maximum absolute atomic E-state index is 5.61. The first-order chi connectivity index (χ1) is 10.8. The number of piperidine rings is 1. The SMILES string of the molecule is COC(Cc1ccccc1)Cn1cc(C2CCNCC2)nn1.Cl. The highest BCUT2D eigenvalue weighted by molar-refractivity contribution is 5.85. The summed E-state index contributed by atoms with van der Waals surface area (Å²) in [6.07, 6.45) is 5.39. The number of halogens is 1. The van der Waals surface area contributed by atoms with Crippen molar-refractivity contribution in [2.75, 3.05) is 20.2 Å². The Morgan fingerprint density at radius 3 is 2.70 bits per heavy atom. The van der Waals surface area contributed by atoms with Crippen molar-refractivity contribution in [1.82, 2.24) is 20.3 Å². The Bertz CT molecular complexity index is 569. The van der Waals surface area contributed by atoms with Gasteiger partial charge in [-0.05, 0) is 31.5 Å². The molecule has 1 saturated heterocycles. The predicted molar refractivity (Wildman–Crippen MR) is 93.1 cm³/mol. The minimum Gasteiger partial charge on any atom is -0.379 e. The number of methoxy groups -OCH3 is 1. The molecule has 1 aromatic carbocycles. The van der Waals surface area contributed by atoms with Crippen molar-refractivity contribution in [3.63, 3.8) is 0 Å². The van der Waals surface area contributed by atoms with Crippen LogP contribution < -0.4 is 5.32 Å². The third kappa shape index (κ3) is 5.03. The van der Waals surface area contributed by atoms with E-state index in [2.05, 4.69) is 46.1 Å². The summed E-state index contributed by atoms with van der Waals surface area (Å²) < 4.78 is 7.54. The largest absolute Gasteiger partial charge is 0.379 e. The fraction of sp³-hybridized carbons (Fsp3) is 0.529. The number of hydrogen-bond donors (Lipinski definition) is 1. The minimum absolute atomic E-state index is 0. The van der Waals surface area contributed by atoms with Gasteiger partial charge in [-0.25, -0.2) is 4.68 Å². The highest BCUT2D eigenvalue weighted by Gasteiger charge is 2.19. The van der Waals surface area contributed by atoms with Gasteiger partial charge in [-0.3, -0.25) is 0 Å². The van der Waals surface area contributed by atoms with Crippen LogP contribution >= 0.6 is 12.4 Å². The number of aromatic nitrogens is 3. The van der Waals surface area contributed by atoms with Gasteiger partial charge in [0.1, 0.15) is 0 Å². The number of nitrogens with zero attached hydrogens (tertiary/aromatic N) is 3. The molecule has 1 unspecified atom stereocenters. The van der Waals surface area contributed by atoms with Gasteiger partial charge in [0.15, 0.2) is 0 Å². The van der Waals surface area contributed by atoms with Crippen LogP contribution in [-0.2, 0) is 17.7 Å². The van der Waals surface area contributed by atoms with Gasteiger partial charge < -0.3 is 10.1 Å². The lowest BCUT2D eigenvalue weighted by Crippen LogP contribution is -2.26. The molecule has 0 aliphatic carbocycles. The molecule has 0 spiro atoms. The van der Waals surface area contributed by atoms with E-state index < -0.39 is 0 Å². The second-order valence-electron chi connectivity index (χ2n) is 5.94. The number of ether oxygens (including phenoxy) is 1. The summed E-state index contributed by atoms with van der Waals surface area (Å²) >= 11 is 0. The van der Waals surface area contributed by atoms with Gasteiger partial charge in [-0.1, -0.05) is 35.5 Å². The first kappa shape index (κ1) is 17.9. The molecule has 0 saturated carbocycles. The summed E-state index contributed by atoms with van der Waals surface area (Å²) in [5.41, 5.74) is 2.41. The quantitative estimate of drug-likeness (QED) is 0.880. The Labute approximate surface area is 143 Å². The Hall–Kier alpha value is -1.43. The summed E-state index contributed by atoms with van der Waals surface area (Å²) in [5.74, 6) is 0.546. The third-order valence-corrected chi connectivity index (χ3v) is 4.34. The van der Waals surface area contributed by atoms with Crippen LogP contribution in [0.5, 0.6) is 0 Å². The molecule has 126 valence electrons. The molecule has 2 heterocycles. The van der Waals surface area contributed by atoms with Crippen LogP contribution in [0, 0.1) is 0 Å². The smallest absolute Gasteiger partial charge is 0.0858 e. The summed E-state index contributed by atoms with van der Waals surface area (Å²) in [6, 6.07) is 10.4. The van der Waals surface area contributed by atoms with Crippen LogP contribution in [0.4, 0.5) is 0 Å². The third-order valence-electron chi connectivity index (χ3n) is 4.34. The maximum Gasteiger partial charge on any atom is 0.0858 e. The van der Waals surface area contributed by atoms with Gasteiger partial charge in [0.05, 0.1) is 18.3 Å². The zero-order valence-electron chi connectivity index (χ0n) is 13.5. The van der Waals surface area contributed by atoms with Gasteiger partial charge in [-0.2, -0.15) is 0 Å². The van der Waals surface area contributed by atoms with Gasteiger partial charge in [-0.15, -0.1) is 17.5 Å². The van der Waals surface area contributed by atoms with Crippen molar-refractivity contribution in [2.24, 2.45) is 0 Å². The van der Waals surface area contributed by atoms with Crippen LogP contribution in [-0.4, -0.2) is 41.3 Å². The highest BCUT2D eigenvalue weighted by Crippen LogP contribution is 2.22. The zero-order valence-corrected chi connectivity index (χ0v) is 14.3. The van der Waals surface area contributed by atoms with Gasteiger partial charge in [0.25, 0.3) is 0 Å². The molecule has 1 aliphatic rings. The van der Waals surface area contributed by atoms with Gasteiger partial charge in [0, 0.05) is 25.6 Å². The van der Waals surface area contributed by atoms with Crippen LogP contribution in [0.2, 0.25) is 0 Å². The standard InChI is InChI=1S/C17H24N4O.ClH/c1-22-16(11-14-5-3-2-4-6-14)12-21-13-17(19-20-21)15-7-9-18-10-8-15;/h2-6,13,15-16,18H,7-12H2,1H3;1H. The molecule has 5 nitrogen and oxygen atoms in total. The van der Waals surface area contributed by atoms with Crippen molar-refractivity contribution in [3.8, 4) is 0 Å². The fourth-order valence-electron chi connectivity index (χ4n) is 3.02. The first-order valence-corrected chi connectivity index (χ1v) is 8.02. The number of benzene rings is 1. The van der Waals surface area contributed by atoms with E-state index in [-0.39, 0.29) is 18.5 Å². The Morgan fingerprint density at radius 1 is 1.26 bits per heavy atom. The van der Waals surface area contributed by atoms with E-state index in [1.165, 1.54) is 5.56 Å². The summed E-state index contributed by atoms with van der Waals surface area (Å²) in [7, 11) is 1.76. The molecule has 3 rings (SSSR count). The van der Waals surface area contributed by atoms with Crippen LogP contribution in [0.1, 0.15) is 30.0 Å². The first-order valence-electron chi connectivity index (χ1n) is 8.02. The average Bonchev–Trinajstić information content (AvgIpc) is 3.04. The molecule has 1 N–H and O–H groups in total. The lowest BCUT2D eigenvalue weighted by Gasteiger charge is -2.20. The maximum atomic E-state index is 5.61. The van der Waals surface area contributed by atoms with E-state index in [9.17, 15) is 0 Å². The fourth-order valence-corrected chi connectivity index (χ4v) is 3.02. The van der Waals surface area contributed by atoms with Gasteiger partial charge in [0.2, 0.25) is 0 Å². The monoisotopic (exact) mass is 336 g/mol. The van der Waals surface area contributed by atoms with Crippen LogP contribution in [0.3, 0.4) is 0 Å². The molecule has 1 atom stereocenters. The molecule has 6 heteroatoms. The zero-order chi connectivity index (χ0) is 15.2. The highest BCUT2D eigenvalue weighted by atomic mass is 35.5. The van der Waals surface area contributed by atoms with Crippen molar-refractivity contribution >= 4 is 12.4 Å². The topological polar surface area (TPSA) is 52.0 Å². The molecule has 1 aromatic heterocycles. The van der Waals surface area contributed by atoms with E-state index >= 15 is 0 Å². The van der Waals surface area contributed by atoms with Crippen molar-refractivity contribution < 1.29 is 4.74 Å². The molecule has 0 amide bonds. The minimum atomic E-state index is 0. The number of nitrogens with one attached hydrogen (secondary N) is 1. The van der Waals surface area contributed by atoms with E-state index in [1.54, 1.807) is 7.11 Å². The molecule has 23 heavy (non-hydrogen) atoms. The second-order valence-corrected chi connectivity index (χ2v) is 5.94. The predicted octanol–water partition coefficient (Wildman–Crippen LogP) is 2.42. The molecule has 0 radical (unpaired) electrons. The van der Waals surface area contributed by atoms with Crippen molar-refractivity contribution in [2.45, 2.75) is 37.8 Å². The Kier molecular flexibility index (Phi) is 7.02. The van der Waals surface area contributed by atoms with E-state index in [4.69, 9.17) is 4.74 Å².